The van der Waals surface area contributed by atoms with Crippen LogP contribution in [0.4, 0.5) is 5.82 Å². The van der Waals surface area contributed by atoms with Crippen molar-refractivity contribution in [3.8, 4) is 11.5 Å². The number of benzene rings is 2. The van der Waals surface area contributed by atoms with Crippen LogP contribution < -0.4 is 14.8 Å². The quantitative estimate of drug-likeness (QED) is 0.655. The molecule has 0 fully saturated rings. The Balaban J connectivity index is 1.80. The number of nitrogens with zero attached hydrogens (tertiary/aromatic N) is 2. The summed E-state index contributed by atoms with van der Waals surface area (Å²) >= 11 is 12.1. The lowest BCUT2D eigenvalue weighted by Gasteiger charge is -2.13. The van der Waals surface area contributed by atoms with Gasteiger partial charge < -0.3 is 14.8 Å². The summed E-state index contributed by atoms with van der Waals surface area (Å²) in [4.78, 5) is 12.7. The summed E-state index contributed by atoms with van der Waals surface area (Å²) in [5.74, 6) is 0.977. The molecule has 6 nitrogen and oxygen atoms in total. The molecule has 0 aliphatic carbocycles. The van der Waals surface area contributed by atoms with Crippen LogP contribution in [-0.4, -0.2) is 29.9 Å². The predicted octanol–water partition coefficient (Wildman–Crippen LogP) is 4.51. The first kappa shape index (κ1) is 19.1. The Labute approximate surface area is 166 Å². The lowest BCUT2D eigenvalue weighted by molar-refractivity contribution is 0.102. The molecule has 0 radical (unpaired) electrons. The van der Waals surface area contributed by atoms with Gasteiger partial charge in [-0.3, -0.25) is 4.79 Å². The average molecular weight is 406 g/mol. The van der Waals surface area contributed by atoms with Crippen LogP contribution in [0.15, 0.2) is 48.7 Å². The molecular formula is C19H17Cl2N3O3. The number of ether oxygens (including phenoxy) is 2. The zero-order valence-electron chi connectivity index (χ0n) is 14.7. The fourth-order valence-corrected chi connectivity index (χ4v) is 2.98. The maximum absolute atomic E-state index is 12.7. The van der Waals surface area contributed by atoms with E-state index < -0.39 is 0 Å². The minimum Gasteiger partial charge on any atom is -0.493 e. The fraction of sp³-hybridized carbons (Fsp3) is 0.158. The molecule has 0 aliphatic heterocycles. The number of hydrogen-bond acceptors (Lipinski definition) is 4. The van der Waals surface area contributed by atoms with Gasteiger partial charge in [-0.05, 0) is 29.8 Å². The van der Waals surface area contributed by atoms with Crippen molar-refractivity contribution in [2.24, 2.45) is 0 Å². The van der Waals surface area contributed by atoms with Crippen LogP contribution >= 0.6 is 23.2 Å². The number of rotatable bonds is 6. The van der Waals surface area contributed by atoms with E-state index in [9.17, 15) is 4.79 Å². The van der Waals surface area contributed by atoms with E-state index in [1.54, 1.807) is 23.0 Å². The maximum Gasteiger partial charge on any atom is 0.257 e. The molecular weight excluding hydrogens is 389 g/mol. The molecule has 0 atom stereocenters. The average Bonchev–Trinajstić information content (AvgIpc) is 3.09. The number of nitrogens with one attached hydrogen (secondary N) is 1. The third-order valence-electron chi connectivity index (χ3n) is 3.90. The lowest BCUT2D eigenvalue weighted by atomic mass is 10.2. The smallest absolute Gasteiger partial charge is 0.257 e. The molecule has 3 aromatic rings. The van der Waals surface area contributed by atoms with Crippen molar-refractivity contribution in [1.82, 2.24) is 9.78 Å². The molecule has 0 aliphatic rings. The molecule has 0 spiro atoms. The van der Waals surface area contributed by atoms with E-state index in [1.165, 1.54) is 20.3 Å². The van der Waals surface area contributed by atoms with Crippen LogP contribution in [-0.2, 0) is 6.54 Å². The third kappa shape index (κ3) is 4.35. The highest BCUT2D eigenvalue weighted by Gasteiger charge is 2.16. The molecule has 2 aromatic carbocycles. The number of carbonyl (C=O) groups excluding carboxylic acids is 1. The highest BCUT2D eigenvalue weighted by Crippen LogP contribution is 2.36. The number of anilines is 1. The minimum absolute atomic E-state index is 0.289. The van der Waals surface area contributed by atoms with Gasteiger partial charge in [-0.2, -0.15) is 5.10 Å². The number of aromatic nitrogens is 2. The van der Waals surface area contributed by atoms with Crippen molar-refractivity contribution in [2.45, 2.75) is 6.54 Å². The van der Waals surface area contributed by atoms with Gasteiger partial charge in [-0.1, -0.05) is 35.3 Å². The summed E-state index contributed by atoms with van der Waals surface area (Å²) in [5.41, 5.74) is 1.35. The zero-order valence-corrected chi connectivity index (χ0v) is 16.2. The number of hydrogen-bond donors (Lipinski definition) is 1. The van der Waals surface area contributed by atoms with Crippen LogP contribution in [0.1, 0.15) is 15.9 Å². The Hall–Kier alpha value is -2.70. The van der Waals surface area contributed by atoms with Crippen LogP contribution in [0.3, 0.4) is 0 Å². The van der Waals surface area contributed by atoms with E-state index in [4.69, 9.17) is 32.7 Å². The SMILES string of the molecule is COc1cc(C(=O)Nc2ccnn2Cc2ccc(Cl)cc2)cc(Cl)c1OC. The van der Waals surface area contributed by atoms with Crippen molar-refractivity contribution >= 4 is 34.9 Å². The molecule has 0 bridgehead atoms. The molecule has 0 unspecified atom stereocenters. The molecule has 1 heterocycles. The maximum atomic E-state index is 12.7. The lowest BCUT2D eigenvalue weighted by Crippen LogP contribution is -2.16. The first-order chi connectivity index (χ1) is 13.0. The highest BCUT2D eigenvalue weighted by molar-refractivity contribution is 6.32. The normalized spacial score (nSPS) is 10.5. The number of halogens is 2. The van der Waals surface area contributed by atoms with Gasteiger partial charge in [0.05, 0.1) is 32.0 Å². The van der Waals surface area contributed by atoms with Crippen molar-refractivity contribution in [3.05, 3.63) is 69.8 Å². The van der Waals surface area contributed by atoms with E-state index in [0.29, 0.717) is 34.4 Å². The van der Waals surface area contributed by atoms with E-state index in [0.717, 1.165) is 5.56 Å². The Bertz CT molecular complexity index is 955. The molecule has 8 heteroatoms. The first-order valence-electron chi connectivity index (χ1n) is 8.01. The second-order valence-corrected chi connectivity index (χ2v) is 6.49. The van der Waals surface area contributed by atoms with Crippen molar-refractivity contribution in [3.63, 3.8) is 0 Å². The van der Waals surface area contributed by atoms with Crippen molar-refractivity contribution < 1.29 is 14.3 Å². The summed E-state index contributed by atoms with van der Waals surface area (Å²) in [5, 5.41) is 8.05. The summed E-state index contributed by atoms with van der Waals surface area (Å²) in [6.45, 7) is 0.493. The monoisotopic (exact) mass is 405 g/mol. The van der Waals surface area contributed by atoms with Crippen molar-refractivity contribution in [2.75, 3.05) is 19.5 Å². The van der Waals surface area contributed by atoms with Gasteiger partial charge in [-0.25, -0.2) is 4.68 Å². The molecule has 3 rings (SSSR count). The summed E-state index contributed by atoms with van der Waals surface area (Å²) in [6, 6.07) is 12.2. The minimum atomic E-state index is -0.337. The van der Waals surface area contributed by atoms with E-state index in [-0.39, 0.29) is 10.9 Å². The van der Waals surface area contributed by atoms with E-state index in [2.05, 4.69) is 10.4 Å². The zero-order chi connectivity index (χ0) is 19.4. The topological polar surface area (TPSA) is 65.4 Å². The summed E-state index contributed by atoms with van der Waals surface area (Å²) in [6.07, 6.45) is 1.62. The van der Waals surface area contributed by atoms with Gasteiger partial charge in [0, 0.05) is 16.7 Å². The van der Waals surface area contributed by atoms with Crippen LogP contribution in [0.25, 0.3) is 0 Å². The number of amides is 1. The largest absolute Gasteiger partial charge is 0.493 e. The van der Waals surface area contributed by atoms with Crippen molar-refractivity contribution in [1.29, 1.82) is 0 Å². The molecule has 0 saturated heterocycles. The molecule has 140 valence electrons. The van der Waals surface area contributed by atoms with Gasteiger partial charge in [0.2, 0.25) is 0 Å². The van der Waals surface area contributed by atoms with Crippen LogP contribution in [0.2, 0.25) is 10.0 Å². The van der Waals surface area contributed by atoms with Gasteiger partial charge in [0.15, 0.2) is 11.5 Å². The van der Waals surface area contributed by atoms with E-state index >= 15 is 0 Å². The second kappa shape index (κ2) is 8.33. The Kier molecular flexibility index (Phi) is 5.88. The third-order valence-corrected chi connectivity index (χ3v) is 4.43. The second-order valence-electron chi connectivity index (χ2n) is 5.65. The molecule has 0 saturated carbocycles. The fourth-order valence-electron chi connectivity index (χ4n) is 2.57. The molecule has 1 N–H and O–H groups in total. The van der Waals surface area contributed by atoms with Gasteiger partial charge in [-0.15, -0.1) is 0 Å². The van der Waals surface area contributed by atoms with E-state index in [1.807, 2.05) is 24.3 Å². The van der Waals surface area contributed by atoms with Gasteiger partial charge in [0.1, 0.15) is 5.82 Å². The Morgan fingerprint density at radius 1 is 1.11 bits per heavy atom. The Morgan fingerprint density at radius 2 is 1.85 bits per heavy atom. The highest BCUT2D eigenvalue weighted by atomic mass is 35.5. The standard InChI is InChI=1S/C19H17Cl2N3O3/c1-26-16-10-13(9-15(21)18(16)27-2)19(25)23-17-7-8-22-24(17)11-12-3-5-14(20)6-4-12/h3-10H,11H2,1-2H3,(H,23,25). The van der Waals surface area contributed by atoms with Crippen LogP contribution in [0, 0.1) is 0 Å². The number of carbonyl (C=O) groups is 1. The summed E-state index contributed by atoms with van der Waals surface area (Å²) in [7, 11) is 2.97. The number of methoxy groups -OCH3 is 2. The predicted molar refractivity (Wildman–Crippen MR) is 105 cm³/mol. The summed E-state index contributed by atoms with van der Waals surface area (Å²) < 4.78 is 12.1. The molecule has 27 heavy (non-hydrogen) atoms. The van der Waals surface area contributed by atoms with Crippen LogP contribution in [0.5, 0.6) is 11.5 Å². The van der Waals surface area contributed by atoms with Gasteiger partial charge >= 0.3 is 0 Å². The Morgan fingerprint density at radius 3 is 2.52 bits per heavy atom. The van der Waals surface area contributed by atoms with Gasteiger partial charge in [0.25, 0.3) is 5.91 Å². The first-order valence-corrected chi connectivity index (χ1v) is 8.76. The molecule has 1 aromatic heterocycles. The molecule has 1 amide bonds.